The van der Waals surface area contributed by atoms with Crippen molar-refractivity contribution in [3.8, 4) is 17.6 Å². The number of nitrogens with zero attached hydrogens (tertiary/aromatic N) is 2. The van der Waals surface area contributed by atoms with Crippen LogP contribution in [0.1, 0.15) is 43.9 Å². The van der Waals surface area contributed by atoms with Crippen LogP contribution in [0.4, 0.5) is 0 Å². The van der Waals surface area contributed by atoms with Crippen LogP contribution < -0.4 is 20.2 Å². The first-order chi connectivity index (χ1) is 20.0. The lowest BCUT2D eigenvalue weighted by Crippen LogP contribution is -2.49. The zero-order valence-corrected chi connectivity index (χ0v) is 28.8. The quantitative estimate of drug-likeness (QED) is 0.115. The number of ether oxygens (including phenoxy) is 2. The summed E-state index contributed by atoms with van der Waals surface area (Å²) in [6, 6.07) is 17.1. The lowest BCUT2D eigenvalue weighted by atomic mass is 10.0. The average molecular weight is 833 g/mol. The summed E-state index contributed by atoms with van der Waals surface area (Å²) in [5, 5.41) is 17.0. The fourth-order valence-electron chi connectivity index (χ4n) is 3.78. The Labute approximate surface area is 282 Å². The van der Waals surface area contributed by atoms with Gasteiger partial charge in [0.2, 0.25) is 0 Å². The summed E-state index contributed by atoms with van der Waals surface area (Å²) < 4.78 is 13.6. The molecule has 12 heteroatoms. The number of hydrogen-bond donors (Lipinski definition) is 2. The van der Waals surface area contributed by atoms with E-state index < -0.39 is 24.0 Å². The molecule has 0 aliphatic carbocycles. The Morgan fingerprint density at radius 2 is 1.81 bits per heavy atom. The Balaban J connectivity index is 1.70. The number of nitriles is 1. The molecule has 2 N–H and O–H groups in total. The summed E-state index contributed by atoms with van der Waals surface area (Å²) in [6.45, 7) is 5.66. The number of hydrazone groups is 1. The third-order valence-corrected chi connectivity index (χ3v) is 7.79. The number of amides is 2. The maximum atomic E-state index is 13.1. The molecule has 0 heterocycles. The maximum absolute atomic E-state index is 13.1. The Morgan fingerprint density at radius 3 is 2.50 bits per heavy atom. The van der Waals surface area contributed by atoms with E-state index in [1.165, 1.54) is 12.3 Å². The van der Waals surface area contributed by atoms with Crippen molar-refractivity contribution in [1.29, 1.82) is 5.26 Å². The molecule has 0 saturated heterocycles. The van der Waals surface area contributed by atoms with Crippen molar-refractivity contribution in [2.24, 2.45) is 11.0 Å². The molecule has 2 atom stereocenters. The summed E-state index contributed by atoms with van der Waals surface area (Å²) in [6.07, 6.45) is 0.958. The first-order valence-electron chi connectivity index (χ1n) is 12.8. The first kappa shape index (κ1) is 33.9. The maximum Gasteiger partial charge on any atom is 0.262 e. The third kappa shape index (κ3) is 10.00. The van der Waals surface area contributed by atoms with Gasteiger partial charge >= 0.3 is 0 Å². The van der Waals surface area contributed by atoms with E-state index in [-0.39, 0.29) is 17.5 Å². The van der Waals surface area contributed by atoms with Crippen molar-refractivity contribution in [3.63, 3.8) is 0 Å². The molecule has 0 unspecified atom stereocenters. The minimum absolute atomic E-state index is 0.112. The predicted molar refractivity (Wildman–Crippen MR) is 181 cm³/mol. The molecule has 0 radical (unpaired) electrons. The van der Waals surface area contributed by atoms with Gasteiger partial charge in [0, 0.05) is 19.7 Å². The molecule has 0 bridgehead atoms. The second-order valence-electron chi connectivity index (χ2n) is 9.62. The van der Waals surface area contributed by atoms with Crippen molar-refractivity contribution in [3.05, 3.63) is 88.5 Å². The average Bonchev–Trinajstić information content (AvgIpc) is 2.93. The lowest BCUT2D eigenvalue weighted by molar-refractivity contribution is -0.132. The molecule has 0 saturated carbocycles. The summed E-state index contributed by atoms with van der Waals surface area (Å²) in [5.41, 5.74) is 4.48. The Morgan fingerprint density at radius 1 is 1.07 bits per heavy atom. The van der Waals surface area contributed by atoms with Gasteiger partial charge in [-0.15, -0.1) is 0 Å². The van der Waals surface area contributed by atoms with Gasteiger partial charge in [-0.05, 0) is 101 Å². The molecule has 0 fully saturated rings. The van der Waals surface area contributed by atoms with Crippen LogP contribution in [0.2, 0.25) is 10.0 Å². The molecule has 0 aliphatic heterocycles. The van der Waals surface area contributed by atoms with E-state index >= 15 is 0 Å². The first-order valence-corrected chi connectivity index (χ1v) is 15.7. The highest BCUT2D eigenvalue weighted by Gasteiger charge is 2.25. The van der Waals surface area contributed by atoms with Crippen LogP contribution in [0.25, 0.3) is 0 Å². The number of carbonyl (C=O) groups is 2. The normalized spacial score (nSPS) is 12.5. The van der Waals surface area contributed by atoms with Crippen LogP contribution in [0, 0.1) is 24.4 Å². The van der Waals surface area contributed by atoms with Crippen molar-refractivity contribution in [1.82, 2.24) is 10.7 Å². The third-order valence-electron chi connectivity index (χ3n) is 5.83. The number of benzene rings is 3. The predicted octanol–water partition coefficient (Wildman–Crippen LogP) is 7.10. The van der Waals surface area contributed by atoms with Crippen LogP contribution in [0.15, 0.2) is 59.7 Å². The Kier molecular flexibility index (Phi) is 13.2. The second-order valence-corrected chi connectivity index (χ2v) is 12.9. The van der Waals surface area contributed by atoms with E-state index in [4.69, 9.17) is 32.7 Å². The van der Waals surface area contributed by atoms with Crippen LogP contribution in [0.3, 0.4) is 0 Å². The van der Waals surface area contributed by atoms with Gasteiger partial charge in [-0.25, -0.2) is 5.43 Å². The summed E-state index contributed by atoms with van der Waals surface area (Å²) in [5.74, 6) is 0.0302. The lowest BCUT2D eigenvalue weighted by Gasteiger charge is -2.22. The van der Waals surface area contributed by atoms with Gasteiger partial charge in [-0.2, -0.15) is 10.4 Å². The fraction of sp³-hybridized carbons (Fsp3) is 0.267. The molecule has 0 aromatic heterocycles. The second kappa shape index (κ2) is 16.3. The summed E-state index contributed by atoms with van der Waals surface area (Å²) >= 11 is 16.5. The van der Waals surface area contributed by atoms with Crippen molar-refractivity contribution < 1.29 is 19.1 Å². The highest BCUT2D eigenvalue weighted by atomic mass is 127. The smallest absolute Gasteiger partial charge is 0.262 e. The van der Waals surface area contributed by atoms with Crippen molar-refractivity contribution in [2.75, 3.05) is 0 Å². The van der Waals surface area contributed by atoms with Gasteiger partial charge in [0.25, 0.3) is 11.8 Å². The summed E-state index contributed by atoms with van der Waals surface area (Å²) in [7, 11) is 0. The van der Waals surface area contributed by atoms with Crippen molar-refractivity contribution in [2.45, 2.75) is 45.9 Å². The van der Waals surface area contributed by atoms with Crippen LogP contribution in [0.5, 0.6) is 11.5 Å². The van der Waals surface area contributed by atoms with E-state index in [9.17, 15) is 14.9 Å². The van der Waals surface area contributed by atoms with Gasteiger partial charge < -0.3 is 14.8 Å². The van der Waals surface area contributed by atoms with E-state index in [1.807, 2.05) is 38.1 Å². The van der Waals surface area contributed by atoms with E-state index in [1.54, 1.807) is 31.2 Å². The minimum atomic E-state index is -0.922. The molecular weight excluding hydrogens is 805 g/mol. The zero-order chi connectivity index (χ0) is 30.8. The molecular formula is C30H28Cl2I2N4O4. The van der Waals surface area contributed by atoms with Gasteiger partial charge in [-0.3, -0.25) is 9.59 Å². The molecule has 42 heavy (non-hydrogen) atoms. The topological polar surface area (TPSA) is 113 Å². The van der Waals surface area contributed by atoms with Gasteiger partial charge in [0.05, 0.1) is 26.4 Å². The van der Waals surface area contributed by atoms with E-state index in [2.05, 4.69) is 67.1 Å². The molecule has 3 aromatic carbocycles. The minimum Gasteiger partial charge on any atom is -0.487 e. The highest BCUT2D eigenvalue weighted by molar-refractivity contribution is 14.1. The molecule has 0 aliphatic rings. The van der Waals surface area contributed by atoms with E-state index in [0.29, 0.717) is 34.1 Å². The van der Waals surface area contributed by atoms with Crippen LogP contribution in [-0.2, 0) is 16.2 Å². The number of nitrogens with one attached hydrogen (secondary N) is 2. The van der Waals surface area contributed by atoms with E-state index in [0.717, 1.165) is 12.7 Å². The molecule has 3 aromatic rings. The van der Waals surface area contributed by atoms with Crippen LogP contribution >= 0.6 is 68.4 Å². The largest absolute Gasteiger partial charge is 0.487 e. The molecule has 2 amide bonds. The Hall–Kier alpha value is -2.60. The van der Waals surface area contributed by atoms with Gasteiger partial charge in [0.1, 0.15) is 24.1 Å². The number of hydrogen-bond acceptors (Lipinski definition) is 6. The molecule has 220 valence electrons. The monoisotopic (exact) mass is 832 g/mol. The van der Waals surface area contributed by atoms with Crippen LogP contribution in [-0.4, -0.2) is 30.2 Å². The fourth-order valence-corrected chi connectivity index (χ4v) is 6.28. The molecule has 3 rings (SSSR count). The Bertz CT molecular complexity index is 1510. The van der Waals surface area contributed by atoms with Gasteiger partial charge in [0.15, 0.2) is 6.10 Å². The highest BCUT2D eigenvalue weighted by Crippen LogP contribution is 2.29. The van der Waals surface area contributed by atoms with Crippen molar-refractivity contribution >= 4 is 86.4 Å². The molecule has 0 spiro atoms. The number of rotatable bonds is 12. The van der Waals surface area contributed by atoms with Gasteiger partial charge in [-0.1, -0.05) is 55.2 Å². The SMILES string of the molecule is CC(C)C[C@@H](NC(=O)[C@H](C)Oc1ccc(Cl)cc1Cl)C(=O)N/N=C\c1cc(I)cc(I)c1OCc1ccccc1C#N. The number of carbonyl (C=O) groups excluding carboxylic acids is 2. The standard InChI is InChI=1S/C30H28Cl2I2N4O4/c1-17(2)10-26(37-29(39)18(3)42-27-9-8-22(31)12-24(27)32)30(40)38-36-15-21-11-23(33)13-25(34)28(21)41-16-20-7-5-4-6-19(20)14-35/h4-9,11-13,15,17-18,26H,10,16H2,1-3H3,(H,37,39)(H,38,40)/b36-15-/t18-,26+/m0/s1. The summed E-state index contributed by atoms with van der Waals surface area (Å²) in [4.78, 5) is 26.0. The zero-order valence-electron chi connectivity index (χ0n) is 23.0. The molecule has 8 nitrogen and oxygen atoms in total. The number of halogens is 4.